The van der Waals surface area contributed by atoms with E-state index in [1.807, 2.05) is 0 Å². The maximum Gasteiger partial charge on any atom is 0.292 e. The van der Waals surface area contributed by atoms with Gasteiger partial charge in [0.15, 0.2) is 0 Å². The molecule has 0 aliphatic carbocycles. The largest absolute Gasteiger partial charge is 0.368 e. The number of aromatic nitrogens is 3. The van der Waals surface area contributed by atoms with E-state index in [-0.39, 0.29) is 16.8 Å². The molecule has 0 spiro atoms. The van der Waals surface area contributed by atoms with Gasteiger partial charge >= 0.3 is 0 Å². The third-order valence-electron chi connectivity index (χ3n) is 3.07. The summed E-state index contributed by atoms with van der Waals surface area (Å²) in [6.07, 6.45) is 0. The van der Waals surface area contributed by atoms with Gasteiger partial charge in [-0.15, -0.1) is 16.4 Å². The lowest BCUT2D eigenvalue weighted by Crippen LogP contribution is -2.15. The quantitative estimate of drug-likeness (QED) is 0.557. The third-order valence-corrected chi connectivity index (χ3v) is 5.83. The van der Waals surface area contributed by atoms with Crippen molar-refractivity contribution in [2.24, 2.45) is 5.14 Å². The summed E-state index contributed by atoms with van der Waals surface area (Å²) >= 11 is 4.53. The highest BCUT2D eigenvalue weighted by atomic mass is 79.9. The molecular formula is C13H11BrN6O3S2. The van der Waals surface area contributed by atoms with Crippen LogP contribution in [0.15, 0.2) is 45.1 Å². The number of sulfonamides is 1. The maximum atomic E-state index is 12.4. The number of benzene rings is 1. The Morgan fingerprint density at radius 1 is 1.24 bits per heavy atom. The van der Waals surface area contributed by atoms with E-state index in [0.717, 1.165) is 4.68 Å². The van der Waals surface area contributed by atoms with Gasteiger partial charge in [0.05, 0.1) is 4.90 Å². The molecule has 3 aromatic rings. The molecule has 0 bridgehead atoms. The molecule has 0 saturated carbocycles. The summed E-state index contributed by atoms with van der Waals surface area (Å²) in [7, 11) is -3.77. The highest BCUT2D eigenvalue weighted by molar-refractivity contribution is 9.10. The van der Waals surface area contributed by atoms with Crippen molar-refractivity contribution in [2.75, 3.05) is 11.1 Å². The number of thiophene rings is 1. The lowest BCUT2D eigenvalue weighted by Gasteiger charge is -2.03. The van der Waals surface area contributed by atoms with Gasteiger partial charge in [0.2, 0.25) is 21.9 Å². The number of carbonyl (C=O) groups is 1. The van der Waals surface area contributed by atoms with Crippen molar-refractivity contribution in [1.82, 2.24) is 14.8 Å². The highest BCUT2D eigenvalue weighted by Crippen LogP contribution is 2.25. The SMILES string of the molecule is Nc1nc(Nc2ccc(S(N)(=O)=O)cc2)nn1C(=O)c1sccc1Br. The van der Waals surface area contributed by atoms with E-state index < -0.39 is 15.9 Å². The van der Waals surface area contributed by atoms with Crippen molar-refractivity contribution in [1.29, 1.82) is 0 Å². The van der Waals surface area contributed by atoms with E-state index in [1.54, 1.807) is 11.4 Å². The molecule has 0 fully saturated rings. The number of nitrogens with one attached hydrogen (secondary N) is 1. The number of nitrogens with zero attached hydrogens (tertiary/aromatic N) is 3. The molecule has 12 heteroatoms. The number of hydrogen-bond donors (Lipinski definition) is 3. The summed E-state index contributed by atoms with van der Waals surface area (Å²) in [4.78, 5) is 16.8. The number of anilines is 3. The molecule has 1 aromatic carbocycles. The Hall–Kier alpha value is -2.28. The van der Waals surface area contributed by atoms with Crippen molar-refractivity contribution >= 4 is 60.8 Å². The molecule has 0 aliphatic heterocycles. The summed E-state index contributed by atoms with van der Waals surface area (Å²) in [6.45, 7) is 0. The fourth-order valence-corrected chi connectivity index (χ4v) is 3.91. The van der Waals surface area contributed by atoms with Crippen LogP contribution in [0.25, 0.3) is 0 Å². The lowest BCUT2D eigenvalue weighted by atomic mass is 10.3. The Bertz CT molecular complexity index is 1040. The Kier molecular flexibility index (Phi) is 4.60. The first kappa shape index (κ1) is 17.5. The van der Waals surface area contributed by atoms with Crippen LogP contribution in [-0.4, -0.2) is 29.1 Å². The van der Waals surface area contributed by atoms with Crippen LogP contribution >= 0.6 is 27.3 Å². The van der Waals surface area contributed by atoms with Crippen molar-refractivity contribution < 1.29 is 13.2 Å². The number of rotatable bonds is 4. The standard InChI is InChI=1S/C13H11BrN6O3S2/c14-9-5-6-24-10(9)11(21)20-12(15)18-13(19-20)17-7-1-3-8(4-2-7)25(16,22)23/h1-6H,(H2,16,22,23)(H3,15,17,18,19). The van der Waals surface area contributed by atoms with Gasteiger partial charge in [0, 0.05) is 10.2 Å². The zero-order valence-corrected chi connectivity index (χ0v) is 15.6. The number of primary sulfonamides is 1. The molecule has 0 atom stereocenters. The molecule has 0 radical (unpaired) electrons. The highest BCUT2D eigenvalue weighted by Gasteiger charge is 2.19. The van der Waals surface area contributed by atoms with E-state index >= 15 is 0 Å². The second-order valence-corrected chi connectivity index (χ2v) is 8.13. The molecule has 25 heavy (non-hydrogen) atoms. The summed E-state index contributed by atoms with van der Waals surface area (Å²) in [6, 6.07) is 7.41. The number of nitrogen functional groups attached to an aromatic ring is 1. The predicted molar refractivity (Wildman–Crippen MR) is 97.3 cm³/mol. The number of halogens is 1. The molecule has 2 aromatic heterocycles. The second-order valence-electron chi connectivity index (χ2n) is 4.80. The third kappa shape index (κ3) is 3.71. The fourth-order valence-electron chi connectivity index (χ4n) is 1.93. The van der Waals surface area contributed by atoms with Crippen molar-refractivity contribution in [3.05, 3.63) is 45.1 Å². The lowest BCUT2D eigenvalue weighted by molar-refractivity contribution is 0.0951. The molecule has 9 nitrogen and oxygen atoms in total. The summed E-state index contributed by atoms with van der Waals surface area (Å²) < 4.78 is 24.1. The molecule has 130 valence electrons. The monoisotopic (exact) mass is 442 g/mol. The van der Waals surface area contributed by atoms with E-state index in [9.17, 15) is 13.2 Å². The smallest absolute Gasteiger partial charge is 0.292 e. The minimum absolute atomic E-state index is 0.0197. The van der Waals surface area contributed by atoms with Gasteiger partial charge in [0.1, 0.15) is 4.88 Å². The zero-order chi connectivity index (χ0) is 18.2. The Morgan fingerprint density at radius 2 is 1.92 bits per heavy atom. The van der Waals surface area contributed by atoms with Gasteiger partial charge in [-0.05, 0) is 51.6 Å². The van der Waals surface area contributed by atoms with Crippen LogP contribution in [0.1, 0.15) is 9.67 Å². The van der Waals surface area contributed by atoms with Crippen molar-refractivity contribution in [3.63, 3.8) is 0 Å². The first-order valence-corrected chi connectivity index (χ1v) is 9.88. The normalized spacial score (nSPS) is 11.4. The zero-order valence-electron chi connectivity index (χ0n) is 12.4. The second kappa shape index (κ2) is 6.55. The summed E-state index contributed by atoms with van der Waals surface area (Å²) in [5, 5.41) is 13.7. The van der Waals surface area contributed by atoms with E-state index in [0.29, 0.717) is 15.0 Å². The Balaban J connectivity index is 1.83. The van der Waals surface area contributed by atoms with E-state index in [1.165, 1.54) is 35.6 Å². The number of hydrogen-bond acceptors (Lipinski definition) is 8. The van der Waals surface area contributed by atoms with Gasteiger partial charge in [-0.2, -0.15) is 9.67 Å². The molecule has 0 amide bonds. The van der Waals surface area contributed by atoms with Crippen LogP contribution in [0.3, 0.4) is 0 Å². The van der Waals surface area contributed by atoms with Gasteiger partial charge in [-0.1, -0.05) is 0 Å². The fraction of sp³-hybridized carbons (Fsp3) is 0. The van der Waals surface area contributed by atoms with Crippen molar-refractivity contribution in [2.45, 2.75) is 4.90 Å². The van der Waals surface area contributed by atoms with E-state index in [4.69, 9.17) is 10.9 Å². The first-order valence-electron chi connectivity index (χ1n) is 6.66. The van der Waals surface area contributed by atoms with Gasteiger partial charge in [-0.3, -0.25) is 4.79 Å². The van der Waals surface area contributed by atoms with Crippen LogP contribution in [0, 0.1) is 0 Å². The summed E-state index contributed by atoms with van der Waals surface area (Å²) in [5.41, 5.74) is 6.26. The topological polar surface area (TPSA) is 146 Å². The Labute approximate surface area is 154 Å². The minimum Gasteiger partial charge on any atom is -0.368 e. The van der Waals surface area contributed by atoms with Crippen LogP contribution in [0.4, 0.5) is 17.6 Å². The molecule has 0 unspecified atom stereocenters. The average Bonchev–Trinajstić information content (AvgIpc) is 3.12. The number of carbonyl (C=O) groups excluding carboxylic acids is 1. The van der Waals surface area contributed by atoms with Crippen molar-refractivity contribution in [3.8, 4) is 0 Å². The molecule has 2 heterocycles. The van der Waals surface area contributed by atoms with Gasteiger partial charge in [-0.25, -0.2) is 13.6 Å². The maximum absolute atomic E-state index is 12.4. The predicted octanol–water partition coefficient (Wildman–Crippen LogP) is 1.76. The number of nitrogens with two attached hydrogens (primary N) is 2. The van der Waals surface area contributed by atoms with Crippen LogP contribution in [0.2, 0.25) is 0 Å². The Morgan fingerprint density at radius 3 is 2.48 bits per heavy atom. The van der Waals surface area contributed by atoms with Crippen LogP contribution < -0.4 is 16.2 Å². The summed E-state index contributed by atoms with van der Waals surface area (Å²) in [5.74, 6) is -0.389. The van der Waals surface area contributed by atoms with Gasteiger partial charge in [0.25, 0.3) is 5.91 Å². The average molecular weight is 443 g/mol. The minimum atomic E-state index is -3.77. The molecule has 3 rings (SSSR count). The first-order chi connectivity index (χ1) is 11.8. The molecular weight excluding hydrogens is 432 g/mol. The molecule has 5 N–H and O–H groups in total. The molecule has 0 aliphatic rings. The van der Waals surface area contributed by atoms with Crippen LogP contribution in [0.5, 0.6) is 0 Å². The van der Waals surface area contributed by atoms with Gasteiger partial charge < -0.3 is 11.1 Å². The van der Waals surface area contributed by atoms with E-state index in [2.05, 4.69) is 31.3 Å². The van der Waals surface area contributed by atoms with Crippen LogP contribution in [-0.2, 0) is 10.0 Å². The molecule has 0 saturated heterocycles.